The van der Waals surface area contributed by atoms with Gasteiger partial charge in [-0.25, -0.2) is 4.79 Å². The maximum absolute atomic E-state index is 14.0. The molecule has 1 aromatic carbocycles. The van der Waals surface area contributed by atoms with Crippen LogP contribution in [0.1, 0.15) is 61.8 Å². The Labute approximate surface area is 230 Å². The Morgan fingerprint density at radius 1 is 1.23 bits per heavy atom. The number of hydrogen-bond donors (Lipinski definition) is 4. The van der Waals surface area contributed by atoms with Gasteiger partial charge < -0.3 is 40.0 Å². The van der Waals surface area contributed by atoms with Gasteiger partial charge in [0, 0.05) is 31.3 Å². The average molecular weight is 546 g/mol. The summed E-state index contributed by atoms with van der Waals surface area (Å²) in [4.78, 5) is 28.4. The molecule has 4 N–H and O–H groups in total. The van der Waals surface area contributed by atoms with Crippen LogP contribution in [0, 0.1) is 19.8 Å². The fourth-order valence-electron chi connectivity index (χ4n) is 4.63. The van der Waals surface area contributed by atoms with Crippen LogP contribution in [0.5, 0.6) is 5.75 Å². The molecule has 0 saturated carbocycles. The molecule has 0 saturated heterocycles. The van der Waals surface area contributed by atoms with E-state index in [2.05, 4.69) is 28.0 Å². The molecule has 39 heavy (non-hydrogen) atoms. The van der Waals surface area contributed by atoms with Crippen molar-refractivity contribution in [1.82, 2.24) is 15.4 Å². The predicted molar refractivity (Wildman–Crippen MR) is 149 cm³/mol. The number of aryl methyl sites for hydroxylation is 2. The second-order valence-corrected chi connectivity index (χ2v) is 10.3. The Kier molecular flexibility index (Phi) is 11.1. The maximum atomic E-state index is 14.0. The fraction of sp³-hybridized carbons (Fsp3) is 0.607. The van der Waals surface area contributed by atoms with Crippen LogP contribution in [-0.2, 0) is 4.74 Å². The molecule has 1 aliphatic heterocycles. The number of anilines is 2. The highest BCUT2D eigenvalue weighted by Gasteiger charge is 2.29. The topological polar surface area (TPSA) is 138 Å². The monoisotopic (exact) mass is 545 g/mol. The number of carbonyl (C=O) groups excluding carboxylic acids is 2. The number of carbonyl (C=O) groups is 2. The van der Waals surface area contributed by atoms with Gasteiger partial charge in [-0.2, -0.15) is 0 Å². The Bertz CT molecular complexity index is 1090. The Hall–Kier alpha value is -3.15. The molecule has 11 nitrogen and oxygen atoms in total. The van der Waals surface area contributed by atoms with Crippen LogP contribution in [0.2, 0.25) is 0 Å². The van der Waals surface area contributed by atoms with E-state index in [0.717, 1.165) is 19.3 Å². The number of urea groups is 1. The lowest BCUT2D eigenvalue weighted by molar-refractivity contribution is -0.000451. The van der Waals surface area contributed by atoms with Crippen molar-refractivity contribution in [3.05, 3.63) is 35.2 Å². The minimum Gasteiger partial charge on any atom is -0.490 e. The smallest absolute Gasteiger partial charge is 0.323 e. The number of aliphatic hydroxyl groups excluding tert-OH is 1. The zero-order valence-electron chi connectivity index (χ0n) is 23.9. The van der Waals surface area contributed by atoms with Gasteiger partial charge >= 0.3 is 6.03 Å². The maximum Gasteiger partial charge on any atom is 0.323 e. The largest absolute Gasteiger partial charge is 0.490 e. The number of fused-ring (bicyclic) bond motifs is 1. The summed E-state index contributed by atoms with van der Waals surface area (Å²) in [5.41, 5.74) is 1.79. The van der Waals surface area contributed by atoms with Gasteiger partial charge in [-0.15, -0.1) is 0 Å². The van der Waals surface area contributed by atoms with Crippen molar-refractivity contribution in [2.45, 2.75) is 72.1 Å². The molecule has 1 aromatic heterocycles. The number of hydrogen-bond acceptors (Lipinski definition) is 8. The van der Waals surface area contributed by atoms with E-state index in [1.807, 2.05) is 20.9 Å². The van der Waals surface area contributed by atoms with E-state index in [0.29, 0.717) is 53.8 Å². The third-order valence-electron chi connectivity index (χ3n) is 6.99. The SMILES string of the molecule is CNC[C@H]1OCCCC[C@H](C)Oc2ccc(NC(=O)Nc3c(C)noc3C)cc2C(=O)N([C@@H](C)CO)C[C@H]1C. The first-order chi connectivity index (χ1) is 18.6. The van der Waals surface area contributed by atoms with Gasteiger partial charge in [0.1, 0.15) is 17.1 Å². The van der Waals surface area contributed by atoms with Gasteiger partial charge in [0.25, 0.3) is 5.91 Å². The van der Waals surface area contributed by atoms with E-state index in [4.69, 9.17) is 14.0 Å². The normalized spacial score (nSPS) is 21.9. The number of likely N-dealkylation sites (N-methyl/N-ethyl adjacent to an activating group) is 1. The molecule has 3 amide bonds. The molecule has 3 rings (SSSR count). The van der Waals surface area contributed by atoms with Crippen molar-refractivity contribution in [3.8, 4) is 5.75 Å². The summed E-state index contributed by atoms with van der Waals surface area (Å²) in [6.45, 7) is 10.8. The zero-order chi connectivity index (χ0) is 28.5. The molecular formula is C28H43N5O6. The molecule has 0 bridgehead atoms. The second-order valence-electron chi connectivity index (χ2n) is 10.3. The molecule has 0 unspecified atom stereocenters. The van der Waals surface area contributed by atoms with Crippen LogP contribution < -0.4 is 20.7 Å². The molecule has 1 aliphatic rings. The highest BCUT2D eigenvalue weighted by atomic mass is 16.5. The van der Waals surface area contributed by atoms with Gasteiger partial charge in [-0.1, -0.05) is 12.1 Å². The highest BCUT2D eigenvalue weighted by Crippen LogP contribution is 2.29. The van der Waals surface area contributed by atoms with Crippen molar-refractivity contribution in [3.63, 3.8) is 0 Å². The van der Waals surface area contributed by atoms with E-state index in [1.165, 1.54) is 0 Å². The number of rotatable bonds is 6. The standard InChI is InChI=1S/C28H43N5O6/c1-17-15-33(18(2)16-34)27(35)23-13-22(30-28(36)31-26-20(4)32-39-21(26)5)10-11-24(23)38-19(3)9-7-8-12-37-25(17)14-29-6/h10-11,13,17-19,25,29,34H,7-9,12,14-16H2,1-6H3,(H2,30,31,36)/t17-,18+,19+,25-/m1/s1. The summed E-state index contributed by atoms with van der Waals surface area (Å²) in [6.07, 6.45) is 2.43. The molecular weight excluding hydrogens is 502 g/mol. The molecule has 2 aromatic rings. The van der Waals surface area contributed by atoms with E-state index < -0.39 is 12.1 Å². The van der Waals surface area contributed by atoms with Gasteiger partial charge in [-0.05, 0) is 72.2 Å². The summed E-state index contributed by atoms with van der Waals surface area (Å²) < 4.78 is 17.5. The number of aromatic nitrogens is 1. The van der Waals surface area contributed by atoms with Gasteiger partial charge in [0.2, 0.25) is 0 Å². The number of aliphatic hydroxyl groups is 1. The molecule has 0 spiro atoms. The third kappa shape index (κ3) is 8.17. The summed E-state index contributed by atoms with van der Waals surface area (Å²) >= 11 is 0. The lowest BCUT2D eigenvalue weighted by Crippen LogP contribution is -2.47. The minimum absolute atomic E-state index is 0.00349. The molecule has 2 heterocycles. The van der Waals surface area contributed by atoms with E-state index in [1.54, 1.807) is 36.9 Å². The summed E-state index contributed by atoms with van der Waals surface area (Å²) in [7, 11) is 1.88. The van der Waals surface area contributed by atoms with Gasteiger partial charge in [0.05, 0.1) is 30.4 Å². The molecule has 0 fully saturated rings. The molecule has 4 atom stereocenters. The minimum atomic E-state index is -0.492. The molecule has 11 heteroatoms. The van der Waals surface area contributed by atoms with E-state index >= 15 is 0 Å². The average Bonchev–Trinajstić information content (AvgIpc) is 3.22. The first kappa shape index (κ1) is 30.4. The fourth-order valence-corrected chi connectivity index (χ4v) is 4.63. The molecule has 216 valence electrons. The van der Waals surface area contributed by atoms with Gasteiger partial charge in [-0.3, -0.25) is 4.79 Å². The Morgan fingerprint density at radius 3 is 2.67 bits per heavy atom. The van der Waals surface area contributed by atoms with Crippen molar-refractivity contribution < 1.29 is 28.7 Å². The predicted octanol–water partition coefficient (Wildman–Crippen LogP) is 3.95. The number of nitrogens with one attached hydrogen (secondary N) is 3. The molecule has 0 aliphatic carbocycles. The van der Waals surface area contributed by atoms with Crippen LogP contribution in [0.25, 0.3) is 0 Å². The number of amides is 3. The number of benzene rings is 1. The van der Waals surface area contributed by atoms with Crippen LogP contribution in [0.3, 0.4) is 0 Å². The van der Waals surface area contributed by atoms with Crippen molar-refractivity contribution in [2.24, 2.45) is 5.92 Å². The van der Waals surface area contributed by atoms with E-state index in [-0.39, 0.29) is 30.6 Å². The van der Waals surface area contributed by atoms with E-state index in [9.17, 15) is 14.7 Å². The number of ether oxygens (including phenoxy) is 2. The van der Waals surface area contributed by atoms with Crippen LogP contribution in [0.15, 0.2) is 22.7 Å². The van der Waals surface area contributed by atoms with Crippen LogP contribution >= 0.6 is 0 Å². The highest BCUT2D eigenvalue weighted by molar-refractivity contribution is 6.03. The first-order valence-corrected chi connectivity index (χ1v) is 13.6. The summed E-state index contributed by atoms with van der Waals surface area (Å²) in [6, 6.07) is 4.10. The zero-order valence-corrected chi connectivity index (χ0v) is 23.9. The lowest BCUT2D eigenvalue weighted by Gasteiger charge is -2.34. The number of nitrogens with zero attached hydrogens (tertiary/aromatic N) is 2. The van der Waals surface area contributed by atoms with Crippen LogP contribution in [-0.4, -0.2) is 78.7 Å². The van der Waals surface area contributed by atoms with Crippen molar-refractivity contribution in [1.29, 1.82) is 0 Å². The first-order valence-electron chi connectivity index (χ1n) is 13.6. The quantitative estimate of drug-likeness (QED) is 0.428. The lowest BCUT2D eigenvalue weighted by atomic mass is 10.0. The van der Waals surface area contributed by atoms with Crippen LogP contribution in [0.4, 0.5) is 16.2 Å². The molecule has 0 radical (unpaired) electrons. The Morgan fingerprint density at radius 2 is 2.00 bits per heavy atom. The summed E-state index contributed by atoms with van der Waals surface area (Å²) in [5, 5.41) is 22.6. The van der Waals surface area contributed by atoms with Crippen molar-refractivity contribution in [2.75, 3.05) is 44.0 Å². The summed E-state index contributed by atoms with van der Waals surface area (Å²) in [5.74, 6) is 0.643. The Balaban J connectivity index is 1.94. The second kappa shape index (κ2) is 14.3. The van der Waals surface area contributed by atoms with Gasteiger partial charge in [0.15, 0.2) is 5.76 Å². The third-order valence-corrected chi connectivity index (χ3v) is 6.99. The van der Waals surface area contributed by atoms with Crippen molar-refractivity contribution >= 4 is 23.3 Å².